The molecule has 5 N–H and O–H groups in total. The standard InChI is InChI=1S/C29H30FN5O7S2/c1-44(39,40)21-6-7-22(23(30)11-21)17-2-4-18(5-3-17)27(37)34-14-25(36)35-16-29(41-8-9-42-29)12-24(35)28(38)33-13-20-10-19(15-43-20)26(31)32/h2-7,10-11,15,24H,8-9,12-14,16H2,1H3,(H3,31,32)(H,33,38)(H,34,37). The van der Waals surface area contributed by atoms with E-state index < -0.39 is 51.7 Å². The molecule has 2 aliphatic rings. The van der Waals surface area contributed by atoms with Crippen molar-refractivity contribution in [2.45, 2.75) is 29.7 Å². The van der Waals surface area contributed by atoms with E-state index in [4.69, 9.17) is 20.6 Å². The van der Waals surface area contributed by atoms with Crippen LogP contribution in [0.4, 0.5) is 4.39 Å². The first-order valence-corrected chi connectivity index (χ1v) is 16.3. The van der Waals surface area contributed by atoms with E-state index in [1.165, 1.54) is 52.6 Å². The lowest BCUT2D eigenvalue weighted by Crippen LogP contribution is -2.49. The Morgan fingerprint density at radius 2 is 1.80 bits per heavy atom. The van der Waals surface area contributed by atoms with Gasteiger partial charge in [-0.2, -0.15) is 0 Å². The molecule has 1 unspecified atom stereocenters. The van der Waals surface area contributed by atoms with Crippen LogP contribution in [-0.2, 0) is 35.4 Å². The van der Waals surface area contributed by atoms with Gasteiger partial charge in [-0.05, 0) is 35.9 Å². The molecule has 0 radical (unpaired) electrons. The smallest absolute Gasteiger partial charge is 0.251 e. The minimum atomic E-state index is -3.56. The third-order valence-electron chi connectivity index (χ3n) is 7.36. The number of sulfone groups is 1. The number of ether oxygens (including phenoxy) is 2. The number of benzene rings is 2. The molecule has 2 aromatic carbocycles. The number of nitrogens with one attached hydrogen (secondary N) is 3. The van der Waals surface area contributed by atoms with Gasteiger partial charge in [-0.3, -0.25) is 19.8 Å². The van der Waals surface area contributed by atoms with Crippen molar-refractivity contribution in [2.24, 2.45) is 5.73 Å². The molecule has 2 fully saturated rings. The van der Waals surface area contributed by atoms with E-state index in [2.05, 4.69) is 10.6 Å². The molecule has 1 aromatic heterocycles. The van der Waals surface area contributed by atoms with E-state index in [1.54, 1.807) is 11.4 Å². The zero-order chi connectivity index (χ0) is 31.6. The minimum Gasteiger partial charge on any atom is -0.384 e. The van der Waals surface area contributed by atoms with Crippen LogP contribution in [0.3, 0.4) is 0 Å². The Bertz CT molecular complexity index is 1720. The zero-order valence-electron chi connectivity index (χ0n) is 23.6. The maximum atomic E-state index is 14.6. The van der Waals surface area contributed by atoms with Crippen LogP contribution in [0.25, 0.3) is 11.1 Å². The Balaban J connectivity index is 1.21. The van der Waals surface area contributed by atoms with Crippen LogP contribution in [0, 0.1) is 11.2 Å². The second kappa shape index (κ2) is 12.4. The Morgan fingerprint density at radius 1 is 1.09 bits per heavy atom. The van der Waals surface area contributed by atoms with E-state index in [0.717, 1.165) is 17.2 Å². The molecule has 15 heteroatoms. The van der Waals surface area contributed by atoms with E-state index in [1.807, 2.05) is 0 Å². The van der Waals surface area contributed by atoms with E-state index in [0.29, 0.717) is 24.3 Å². The topological polar surface area (TPSA) is 181 Å². The lowest BCUT2D eigenvalue weighted by atomic mass is 10.0. The summed E-state index contributed by atoms with van der Waals surface area (Å²) in [5.74, 6) is -3.36. The summed E-state index contributed by atoms with van der Waals surface area (Å²) in [6.07, 6.45) is 1.12. The Morgan fingerprint density at radius 3 is 2.41 bits per heavy atom. The van der Waals surface area contributed by atoms with Gasteiger partial charge in [0, 0.05) is 39.6 Å². The zero-order valence-corrected chi connectivity index (χ0v) is 25.2. The first kappa shape index (κ1) is 31.3. The van der Waals surface area contributed by atoms with E-state index in [9.17, 15) is 27.2 Å². The Kier molecular flexibility index (Phi) is 8.83. The first-order chi connectivity index (χ1) is 20.8. The number of amides is 3. The highest BCUT2D eigenvalue weighted by atomic mass is 32.2. The number of hydrogen-bond donors (Lipinski definition) is 4. The number of thiophene rings is 1. The van der Waals surface area contributed by atoms with Gasteiger partial charge in [-0.25, -0.2) is 12.8 Å². The minimum absolute atomic E-state index is 0.0195. The number of carbonyl (C=O) groups excluding carboxylic acids is 3. The second-order valence-electron chi connectivity index (χ2n) is 10.5. The van der Waals surface area contributed by atoms with Crippen molar-refractivity contribution >= 4 is 44.7 Å². The van der Waals surface area contributed by atoms with Crippen molar-refractivity contribution < 1.29 is 36.7 Å². The lowest BCUT2D eigenvalue weighted by Gasteiger charge is -2.24. The lowest BCUT2D eigenvalue weighted by molar-refractivity contribution is -0.152. The SMILES string of the molecule is CS(=O)(=O)c1ccc(-c2ccc(C(=O)NCC(=O)N3CC4(CC3C(=O)NCc3cc(C(=N)N)cs3)OCCO4)cc2)c(F)c1. The fourth-order valence-electron chi connectivity index (χ4n) is 5.07. The van der Waals surface area contributed by atoms with Gasteiger partial charge < -0.3 is 30.7 Å². The van der Waals surface area contributed by atoms with Crippen LogP contribution in [0.5, 0.6) is 0 Å². The average molecular weight is 644 g/mol. The summed E-state index contributed by atoms with van der Waals surface area (Å²) in [6.45, 7) is 0.471. The van der Waals surface area contributed by atoms with E-state index >= 15 is 0 Å². The van der Waals surface area contributed by atoms with Crippen LogP contribution in [0.2, 0.25) is 0 Å². The number of carbonyl (C=O) groups is 3. The van der Waals surface area contributed by atoms with Gasteiger partial charge in [-0.15, -0.1) is 11.3 Å². The molecule has 3 heterocycles. The molecule has 12 nitrogen and oxygen atoms in total. The van der Waals surface area contributed by atoms with Gasteiger partial charge in [0.25, 0.3) is 5.91 Å². The molecule has 2 aliphatic heterocycles. The summed E-state index contributed by atoms with van der Waals surface area (Å²) in [4.78, 5) is 41.3. The molecule has 232 valence electrons. The Labute approximate surface area is 256 Å². The van der Waals surface area contributed by atoms with Crippen LogP contribution in [0.15, 0.2) is 58.8 Å². The second-order valence-corrected chi connectivity index (χ2v) is 13.5. The number of nitrogen functional groups attached to an aromatic ring is 1. The summed E-state index contributed by atoms with van der Waals surface area (Å²) in [5.41, 5.74) is 6.88. The molecule has 0 saturated carbocycles. The molecule has 0 bridgehead atoms. The third kappa shape index (κ3) is 6.80. The van der Waals surface area contributed by atoms with Crippen LogP contribution in [-0.4, -0.2) is 81.3 Å². The van der Waals surface area contributed by atoms with Crippen molar-refractivity contribution in [1.29, 1.82) is 5.41 Å². The summed E-state index contributed by atoms with van der Waals surface area (Å²) >= 11 is 1.35. The monoisotopic (exact) mass is 643 g/mol. The molecular weight excluding hydrogens is 613 g/mol. The summed E-state index contributed by atoms with van der Waals surface area (Å²) < 4.78 is 49.5. The number of amidine groups is 1. The number of halogens is 1. The number of nitrogens with two attached hydrogens (primary N) is 1. The van der Waals surface area contributed by atoms with Gasteiger partial charge >= 0.3 is 0 Å². The molecule has 1 spiro atoms. The van der Waals surface area contributed by atoms with Crippen LogP contribution >= 0.6 is 11.3 Å². The normalized spacial score (nSPS) is 17.5. The summed E-state index contributed by atoms with van der Waals surface area (Å²) in [5, 5.41) is 14.6. The van der Waals surface area contributed by atoms with Crippen molar-refractivity contribution in [3.8, 4) is 11.1 Å². The van der Waals surface area contributed by atoms with E-state index in [-0.39, 0.29) is 41.4 Å². The quantitative estimate of drug-likeness (QED) is 0.201. The van der Waals surface area contributed by atoms with Gasteiger partial charge in [-0.1, -0.05) is 18.2 Å². The number of nitrogens with zero attached hydrogens (tertiary/aromatic N) is 1. The van der Waals surface area contributed by atoms with Gasteiger partial charge in [0.1, 0.15) is 17.7 Å². The van der Waals surface area contributed by atoms with Gasteiger partial charge in [0.05, 0.1) is 37.7 Å². The third-order valence-corrected chi connectivity index (χ3v) is 9.40. The van der Waals surface area contributed by atoms with Gasteiger partial charge in [0.15, 0.2) is 15.6 Å². The van der Waals surface area contributed by atoms with Crippen molar-refractivity contribution in [1.82, 2.24) is 15.5 Å². The predicted octanol–water partition coefficient (Wildman–Crippen LogP) is 1.63. The van der Waals surface area contributed by atoms with Crippen LogP contribution in [0.1, 0.15) is 27.2 Å². The molecule has 0 aliphatic carbocycles. The molecular formula is C29H30FN5O7S2. The molecule has 5 rings (SSSR count). The number of hydrogen-bond acceptors (Lipinski definition) is 9. The summed E-state index contributed by atoms with van der Waals surface area (Å²) in [6, 6.07) is 10.4. The molecule has 3 aromatic rings. The van der Waals surface area contributed by atoms with Gasteiger partial charge in [0.2, 0.25) is 11.8 Å². The number of rotatable bonds is 9. The maximum Gasteiger partial charge on any atom is 0.251 e. The fourth-order valence-corrected chi connectivity index (χ4v) is 6.53. The van der Waals surface area contributed by atoms with Crippen molar-refractivity contribution in [3.05, 3.63) is 75.7 Å². The highest BCUT2D eigenvalue weighted by Gasteiger charge is 2.52. The van der Waals surface area contributed by atoms with Crippen molar-refractivity contribution in [3.63, 3.8) is 0 Å². The highest BCUT2D eigenvalue weighted by molar-refractivity contribution is 7.90. The fraction of sp³-hybridized carbons (Fsp3) is 0.310. The predicted molar refractivity (Wildman–Crippen MR) is 159 cm³/mol. The molecule has 44 heavy (non-hydrogen) atoms. The molecule has 2 saturated heterocycles. The summed E-state index contributed by atoms with van der Waals surface area (Å²) in [7, 11) is -3.56. The highest BCUT2D eigenvalue weighted by Crippen LogP contribution is 2.35. The Hall–Kier alpha value is -4.18. The van der Waals surface area contributed by atoms with Crippen LogP contribution < -0.4 is 16.4 Å². The first-order valence-electron chi connectivity index (χ1n) is 13.5. The number of likely N-dealkylation sites (tertiary alicyclic amines) is 1. The largest absolute Gasteiger partial charge is 0.384 e. The molecule has 1 atom stereocenters. The maximum absolute atomic E-state index is 14.6. The average Bonchev–Trinajstić information content (AvgIpc) is 3.75. The molecule has 3 amide bonds. The van der Waals surface area contributed by atoms with Crippen molar-refractivity contribution in [2.75, 3.05) is 32.6 Å².